The summed E-state index contributed by atoms with van der Waals surface area (Å²) in [6.07, 6.45) is 0.824. The van der Waals surface area contributed by atoms with Crippen LogP contribution in [-0.4, -0.2) is 33.7 Å². The number of rotatable bonds is 6. The molecule has 3 aromatic carbocycles. The van der Waals surface area contributed by atoms with Crippen LogP contribution >= 0.6 is 11.8 Å². The van der Waals surface area contributed by atoms with Gasteiger partial charge in [-0.2, -0.15) is 8.78 Å². The van der Waals surface area contributed by atoms with Gasteiger partial charge in [0.25, 0.3) is 11.7 Å². The minimum absolute atomic E-state index is 0.0817. The Kier molecular flexibility index (Phi) is 6.02. The fourth-order valence-corrected chi connectivity index (χ4v) is 4.72. The summed E-state index contributed by atoms with van der Waals surface area (Å²) in [5, 5.41) is 2.85. The molecule has 1 N–H and O–H groups in total. The van der Waals surface area contributed by atoms with Gasteiger partial charge in [-0.05, 0) is 66.2 Å². The number of imidazole rings is 1. The summed E-state index contributed by atoms with van der Waals surface area (Å²) < 4.78 is 27.5. The highest BCUT2D eigenvalue weighted by Gasteiger charge is 2.25. The zero-order valence-electron chi connectivity index (χ0n) is 17.9. The number of benzene rings is 3. The number of fused-ring (bicyclic) bond motifs is 2. The Morgan fingerprint density at radius 3 is 2.53 bits per heavy atom. The number of carbonyl (C=O) groups is 2. The van der Waals surface area contributed by atoms with Gasteiger partial charge in [0.2, 0.25) is 5.91 Å². The number of carbonyl (C=O) groups excluding carboxylic acids is 2. The summed E-state index contributed by atoms with van der Waals surface area (Å²) in [5.74, 6) is -3.13. The van der Waals surface area contributed by atoms with Crippen LogP contribution in [0.5, 0.6) is 0 Å². The molecule has 0 spiro atoms. The molecule has 1 aliphatic heterocycles. The Morgan fingerprint density at radius 1 is 1.00 bits per heavy atom. The van der Waals surface area contributed by atoms with Crippen molar-refractivity contribution in [1.29, 1.82) is 0 Å². The van der Waals surface area contributed by atoms with Gasteiger partial charge in [-0.1, -0.05) is 30.3 Å². The molecule has 0 unspecified atom stereocenters. The fourth-order valence-electron chi connectivity index (χ4n) is 4.12. The molecule has 1 aromatic heterocycles. The molecule has 0 radical (unpaired) electrons. The van der Waals surface area contributed by atoms with E-state index in [9.17, 15) is 18.4 Å². The Bertz CT molecular complexity index is 1370. The van der Waals surface area contributed by atoms with Gasteiger partial charge in [0.15, 0.2) is 5.16 Å². The molecule has 34 heavy (non-hydrogen) atoms. The zero-order chi connectivity index (χ0) is 23.7. The number of aromatic nitrogens is 2. The van der Waals surface area contributed by atoms with Gasteiger partial charge in [-0.15, -0.1) is 0 Å². The van der Waals surface area contributed by atoms with E-state index in [1.807, 2.05) is 24.3 Å². The number of nitrogens with zero attached hydrogens (tertiary/aromatic N) is 3. The smallest absolute Gasteiger partial charge is 0.291 e. The van der Waals surface area contributed by atoms with Crippen LogP contribution in [0.1, 0.15) is 15.9 Å². The molecule has 0 atom stereocenters. The molecule has 0 saturated carbocycles. The lowest BCUT2D eigenvalue weighted by molar-refractivity contribution is -0.116. The van der Waals surface area contributed by atoms with Crippen LogP contribution < -0.4 is 10.2 Å². The molecule has 6 nitrogen and oxygen atoms in total. The second kappa shape index (κ2) is 9.26. The van der Waals surface area contributed by atoms with Crippen molar-refractivity contribution in [3.63, 3.8) is 0 Å². The first-order valence-electron chi connectivity index (χ1n) is 10.7. The minimum Gasteiger partial charge on any atom is -0.325 e. The van der Waals surface area contributed by atoms with E-state index in [0.717, 1.165) is 17.7 Å². The number of amides is 2. The van der Waals surface area contributed by atoms with E-state index >= 15 is 0 Å². The molecule has 2 heterocycles. The van der Waals surface area contributed by atoms with Crippen LogP contribution in [0.15, 0.2) is 78.0 Å². The van der Waals surface area contributed by atoms with Gasteiger partial charge >= 0.3 is 0 Å². The first-order valence-corrected chi connectivity index (χ1v) is 11.6. The third-order valence-electron chi connectivity index (χ3n) is 5.66. The molecular formula is C25H20F2N4O2S. The molecule has 5 rings (SSSR count). The third kappa shape index (κ3) is 4.38. The second-order valence-corrected chi connectivity index (χ2v) is 8.77. The average molecular weight is 479 g/mol. The van der Waals surface area contributed by atoms with Crippen molar-refractivity contribution in [2.75, 3.05) is 16.8 Å². The summed E-state index contributed by atoms with van der Waals surface area (Å²) in [6.45, 7) is 0.468. The first-order chi connectivity index (χ1) is 16.5. The highest BCUT2D eigenvalue weighted by molar-refractivity contribution is 7.99. The van der Waals surface area contributed by atoms with Crippen molar-refractivity contribution in [3.05, 3.63) is 83.9 Å². The van der Waals surface area contributed by atoms with E-state index in [1.54, 1.807) is 53.4 Å². The Morgan fingerprint density at radius 2 is 1.74 bits per heavy atom. The lowest BCUT2D eigenvalue weighted by atomic mass is 10.1. The van der Waals surface area contributed by atoms with E-state index in [4.69, 9.17) is 0 Å². The van der Waals surface area contributed by atoms with Crippen LogP contribution in [0.4, 0.5) is 20.2 Å². The van der Waals surface area contributed by atoms with Crippen molar-refractivity contribution in [2.45, 2.75) is 23.9 Å². The number of halogens is 2. The van der Waals surface area contributed by atoms with Gasteiger partial charge in [0.05, 0.1) is 11.0 Å². The molecule has 0 bridgehead atoms. The van der Waals surface area contributed by atoms with Crippen molar-refractivity contribution in [2.24, 2.45) is 0 Å². The van der Waals surface area contributed by atoms with Crippen LogP contribution in [0, 0.1) is 0 Å². The molecule has 4 aromatic rings. The number of anilines is 2. The Labute approximate surface area is 198 Å². The first kappa shape index (κ1) is 22.1. The molecule has 1 aliphatic rings. The molecular weight excluding hydrogens is 458 g/mol. The topological polar surface area (TPSA) is 67.2 Å². The average Bonchev–Trinajstić information content (AvgIpc) is 3.40. The lowest BCUT2D eigenvalue weighted by Gasteiger charge is -2.17. The molecule has 2 amide bonds. The molecule has 0 fully saturated rings. The number of hydrogen-bond donors (Lipinski definition) is 1. The normalized spacial score (nSPS) is 12.9. The van der Waals surface area contributed by atoms with Crippen LogP contribution in [0.25, 0.3) is 11.0 Å². The number of thioether (sulfide) groups is 1. The minimum atomic E-state index is -2.65. The SMILES string of the molecule is O=C(Cn1c(SC(F)F)nc2ccccc21)Nc1ccc(C(=O)N2CCc3ccccc32)cc1. The van der Waals surface area contributed by atoms with E-state index in [-0.39, 0.29) is 23.5 Å². The summed E-state index contributed by atoms with van der Waals surface area (Å²) >= 11 is 0.308. The predicted octanol–water partition coefficient (Wildman–Crippen LogP) is 5.19. The van der Waals surface area contributed by atoms with Crippen molar-refractivity contribution >= 4 is 46.0 Å². The predicted molar refractivity (Wildman–Crippen MR) is 128 cm³/mol. The van der Waals surface area contributed by atoms with E-state index in [0.29, 0.717) is 40.6 Å². The summed E-state index contributed by atoms with van der Waals surface area (Å²) in [5.41, 5.74) is 4.25. The van der Waals surface area contributed by atoms with Gasteiger partial charge < -0.3 is 14.8 Å². The van der Waals surface area contributed by atoms with Crippen LogP contribution in [0.3, 0.4) is 0 Å². The lowest BCUT2D eigenvalue weighted by Crippen LogP contribution is -2.28. The van der Waals surface area contributed by atoms with Gasteiger partial charge in [-0.25, -0.2) is 4.98 Å². The standard InChI is InChI=1S/C25H20F2N4O2S/c26-24(27)34-25-29-19-6-2-4-8-21(19)31(25)15-22(32)28-18-11-9-17(10-12-18)23(33)30-14-13-16-5-1-3-7-20(16)30/h1-12,24H,13-15H2,(H,28,32). The van der Waals surface area contributed by atoms with Crippen molar-refractivity contribution in [1.82, 2.24) is 9.55 Å². The molecule has 0 saturated heterocycles. The van der Waals surface area contributed by atoms with Crippen molar-refractivity contribution in [3.8, 4) is 0 Å². The second-order valence-electron chi connectivity index (χ2n) is 7.81. The van der Waals surface area contributed by atoms with Gasteiger partial charge in [0, 0.05) is 23.5 Å². The van der Waals surface area contributed by atoms with Crippen LogP contribution in [0.2, 0.25) is 0 Å². The van der Waals surface area contributed by atoms with Crippen LogP contribution in [-0.2, 0) is 17.8 Å². The quantitative estimate of drug-likeness (QED) is 0.387. The van der Waals surface area contributed by atoms with E-state index in [2.05, 4.69) is 10.3 Å². The Hall–Kier alpha value is -3.72. The molecule has 9 heteroatoms. The monoisotopic (exact) mass is 478 g/mol. The number of para-hydroxylation sites is 3. The summed E-state index contributed by atoms with van der Waals surface area (Å²) in [7, 11) is 0. The van der Waals surface area contributed by atoms with E-state index in [1.165, 1.54) is 4.57 Å². The Balaban J connectivity index is 1.29. The highest BCUT2D eigenvalue weighted by Crippen LogP contribution is 2.30. The summed E-state index contributed by atoms with van der Waals surface area (Å²) in [6, 6.07) is 21.5. The molecule has 172 valence electrons. The van der Waals surface area contributed by atoms with Crippen molar-refractivity contribution < 1.29 is 18.4 Å². The number of hydrogen-bond acceptors (Lipinski definition) is 4. The maximum atomic E-state index is 13.0. The zero-order valence-corrected chi connectivity index (χ0v) is 18.8. The maximum Gasteiger partial charge on any atom is 0.291 e. The highest BCUT2D eigenvalue weighted by atomic mass is 32.2. The fraction of sp³-hybridized carbons (Fsp3) is 0.160. The number of nitrogens with one attached hydrogen (secondary N) is 1. The van der Waals surface area contributed by atoms with Gasteiger partial charge in [-0.3, -0.25) is 9.59 Å². The van der Waals surface area contributed by atoms with E-state index < -0.39 is 5.76 Å². The summed E-state index contributed by atoms with van der Waals surface area (Å²) in [4.78, 5) is 31.6. The number of alkyl halides is 2. The van der Waals surface area contributed by atoms with Gasteiger partial charge in [0.1, 0.15) is 6.54 Å². The third-order valence-corrected chi connectivity index (χ3v) is 6.36. The molecule has 0 aliphatic carbocycles. The largest absolute Gasteiger partial charge is 0.325 e. The maximum absolute atomic E-state index is 13.0.